The molecule has 2 N–H and O–H groups in total. The second kappa shape index (κ2) is 4.89. The number of pyridine rings is 1. The van der Waals surface area contributed by atoms with Crippen molar-refractivity contribution in [1.29, 1.82) is 0 Å². The van der Waals surface area contributed by atoms with E-state index in [9.17, 15) is 0 Å². The summed E-state index contributed by atoms with van der Waals surface area (Å²) < 4.78 is 0. The topological polar surface area (TPSA) is 42.2 Å². The molecule has 1 atom stereocenters. The van der Waals surface area contributed by atoms with E-state index in [-0.39, 0.29) is 0 Å². The van der Waals surface area contributed by atoms with Gasteiger partial charge in [-0.3, -0.25) is 0 Å². The predicted octanol–water partition coefficient (Wildman–Crippen LogP) is 3.71. The minimum absolute atomic E-state index is 0.608. The first-order valence-electron chi connectivity index (χ1n) is 6.74. The molecule has 3 rings (SSSR count). The molecule has 0 amide bonds. The molecule has 1 aromatic heterocycles. The van der Waals surface area contributed by atoms with Gasteiger partial charge >= 0.3 is 0 Å². The van der Waals surface area contributed by atoms with E-state index in [4.69, 9.17) is 17.3 Å². The number of anilines is 2. The summed E-state index contributed by atoms with van der Waals surface area (Å²) in [5.74, 6) is 1.75. The van der Waals surface area contributed by atoms with E-state index in [1.54, 1.807) is 0 Å². The predicted molar refractivity (Wildman–Crippen MR) is 81.8 cm³/mol. The van der Waals surface area contributed by atoms with Crippen LogP contribution in [0.3, 0.4) is 0 Å². The van der Waals surface area contributed by atoms with Crippen LogP contribution in [0.5, 0.6) is 0 Å². The summed E-state index contributed by atoms with van der Waals surface area (Å²) in [5, 5.41) is 2.70. The molecule has 1 unspecified atom stereocenters. The molecule has 0 spiro atoms. The lowest BCUT2D eigenvalue weighted by molar-refractivity contribution is 0.445. The summed E-state index contributed by atoms with van der Waals surface area (Å²) in [6, 6.07) is 5.82. The van der Waals surface area contributed by atoms with E-state index in [1.165, 1.54) is 12.8 Å². The molecule has 0 bridgehead atoms. The number of nitrogens with zero attached hydrogens (tertiary/aromatic N) is 2. The molecular weight excluding hydrogens is 258 g/mol. The van der Waals surface area contributed by atoms with Gasteiger partial charge in [-0.15, -0.1) is 0 Å². The van der Waals surface area contributed by atoms with Crippen molar-refractivity contribution in [1.82, 2.24) is 4.98 Å². The van der Waals surface area contributed by atoms with Gasteiger partial charge in [0, 0.05) is 30.1 Å². The van der Waals surface area contributed by atoms with Crippen LogP contribution >= 0.6 is 11.6 Å². The van der Waals surface area contributed by atoms with Gasteiger partial charge in [-0.25, -0.2) is 4.98 Å². The van der Waals surface area contributed by atoms with Gasteiger partial charge in [0.15, 0.2) is 0 Å². The molecule has 100 valence electrons. The Morgan fingerprint density at radius 1 is 1.32 bits per heavy atom. The minimum atomic E-state index is 0.608. The number of aromatic nitrogens is 1. The van der Waals surface area contributed by atoms with Gasteiger partial charge < -0.3 is 10.6 Å². The van der Waals surface area contributed by atoms with E-state index in [0.29, 0.717) is 10.7 Å². The maximum atomic E-state index is 6.09. The third-order valence-electron chi connectivity index (χ3n) is 3.87. The van der Waals surface area contributed by atoms with Crippen LogP contribution < -0.4 is 10.6 Å². The summed E-state index contributed by atoms with van der Waals surface area (Å²) in [6.45, 7) is 4.43. The smallest absolute Gasteiger partial charge is 0.136 e. The number of piperidine rings is 1. The summed E-state index contributed by atoms with van der Waals surface area (Å²) in [5.41, 5.74) is 6.71. The maximum Gasteiger partial charge on any atom is 0.136 e. The van der Waals surface area contributed by atoms with Crippen molar-refractivity contribution in [2.75, 3.05) is 23.7 Å². The highest BCUT2D eigenvalue weighted by Crippen LogP contribution is 2.34. The Hall–Kier alpha value is -1.48. The normalized spacial score (nSPS) is 19.9. The van der Waals surface area contributed by atoms with Crippen LogP contribution in [-0.4, -0.2) is 18.1 Å². The van der Waals surface area contributed by atoms with Crippen molar-refractivity contribution in [2.24, 2.45) is 5.92 Å². The third kappa shape index (κ3) is 2.23. The van der Waals surface area contributed by atoms with Crippen LogP contribution in [-0.2, 0) is 0 Å². The number of hydrogen-bond donors (Lipinski definition) is 1. The molecule has 3 nitrogen and oxygen atoms in total. The maximum absolute atomic E-state index is 6.09. The first kappa shape index (κ1) is 12.5. The summed E-state index contributed by atoms with van der Waals surface area (Å²) in [4.78, 5) is 6.93. The number of nitrogens with two attached hydrogens (primary N) is 1. The van der Waals surface area contributed by atoms with Crippen molar-refractivity contribution >= 4 is 33.9 Å². The number of fused-ring (bicyclic) bond motifs is 1. The molecule has 1 aromatic carbocycles. The highest BCUT2D eigenvalue weighted by molar-refractivity contribution is 6.34. The van der Waals surface area contributed by atoms with E-state index in [2.05, 4.69) is 16.8 Å². The highest BCUT2D eigenvalue weighted by atomic mass is 35.5. The van der Waals surface area contributed by atoms with Crippen LogP contribution in [0.1, 0.15) is 19.8 Å². The van der Waals surface area contributed by atoms with Crippen molar-refractivity contribution in [3.05, 3.63) is 29.4 Å². The van der Waals surface area contributed by atoms with Gasteiger partial charge in [-0.1, -0.05) is 18.5 Å². The zero-order chi connectivity index (χ0) is 13.4. The fourth-order valence-electron chi connectivity index (χ4n) is 2.87. The lowest BCUT2D eigenvalue weighted by Crippen LogP contribution is -2.34. The number of hydrogen-bond acceptors (Lipinski definition) is 3. The fraction of sp³-hybridized carbons (Fsp3) is 0.400. The first-order chi connectivity index (χ1) is 9.16. The molecule has 0 saturated carbocycles. The lowest BCUT2D eigenvalue weighted by Gasteiger charge is -2.32. The Kier molecular flexibility index (Phi) is 3.23. The average molecular weight is 276 g/mol. The molecule has 0 aliphatic carbocycles. The summed E-state index contributed by atoms with van der Waals surface area (Å²) in [6.07, 6.45) is 4.35. The van der Waals surface area contributed by atoms with Crippen molar-refractivity contribution < 1.29 is 0 Å². The van der Waals surface area contributed by atoms with Gasteiger partial charge in [0.05, 0.1) is 10.7 Å². The Morgan fingerprint density at radius 3 is 2.95 bits per heavy atom. The molecule has 1 fully saturated rings. The minimum Gasteiger partial charge on any atom is -0.397 e. The molecule has 19 heavy (non-hydrogen) atoms. The molecule has 1 saturated heterocycles. The molecule has 2 aromatic rings. The Balaban J connectivity index is 2.11. The second-order valence-electron chi connectivity index (χ2n) is 5.38. The Labute approximate surface area is 118 Å². The molecule has 0 radical (unpaired) electrons. The highest BCUT2D eigenvalue weighted by Gasteiger charge is 2.19. The molecule has 2 heterocycles. The van der Waals surface area contributed by atoms with Crippen molar-refractivity contribution in [3.8, 4) is 0 Å². The van der Waals surface area contributed by atoms with Gasteiger partial charge in [0.2, 0.25) is 0 Å². The number of benzene rings is 1. The van der Waals surface area contributed by atoms with Crippen LogP contribution in [0, 0.1) is 5.92 Å². The lowest BCUT2D eigenvalue weighted by atomic mass is 9.99. The van der Waals surface area contributed by atoms with Crippen molar-refractivity contribution in [2.45, 2.75) is 19.8 Å². The second-order valence-corrected chi connectivity index (χ2v) is 5.79. The number of rotatable bonds is 1. The van der Waals surface area contributed by atoms with Crippen LogP contribution in [0.2, 0.25) is 5.02 Å². The monoisotopic (exact) mass is 275 g/mol. The average Bonchev–Trinajstić information content (AvgIpc) is 2.42. The van der Waals surface area contributed by atoms with Gasteiger partial charge in [0.1, 0.15) is 5.82 Å². The van der Waals surface area contributed by atoms with Gasteiger partial charge in [-0.2, -0.15) is 0 Å². The third-order valence-corrected chi connectivity index (χ3v) is 4.20. The Bertz CT molecular complexity index is 612. The van der Waals surface area contributed by atoms with Crippen LogP contribution in [0.4, 0.5) is 11.5 Å². The molecule has 1 aliphatic heterocycles. The van der Waals surface area contributed by atoms with Crippen molar-refractivity contribution in [3.63, 3.8) is 0 Å². The standard InChI is InChI=1S/C15H18ClN3/c1-10-3-2-8-19(9-10)15-12-4-5-13(16)14(17)11(12)6-7-18-15/h4-7,10H,2-3,8-9,17H2,1H3. The van der Waals surface area contributed by atoms with E-state index >= 15 is 0 Å². The first-order valence-corrected chi connectivity index (χ1v) is 7.12. The Morgan fingerprint density at radius 2 is 2.16 bits per heavy atom. The van der Waals surface area contributed by atoms with Gasteiger partial charge in [-0.05, 0) is 37.0 Å². The number of halogens is 1. The van der Waals surface area contributed by atoms with E-state index < -0.39 is 0 Å². The SMILES string of the molecule is CC1CCCN(c2nccc3c(N)c(Cl)ccc23)C1. The summed E-state index contributed by atoms with van der Waals surface area (Å²) in [7, 11) is 0. The fourth-order valence-corrected chi connectivity index (χ4v) is 3.03. The molecular formula is C15H18ClN3. The van der Waals surface area contributed by atoms with Crippen LogP contribution in [0.25, 0.3) is 10.8 Å². The molecule has 4 heteroatoms. The van der Waals surface area contributed by atoms with E-state index in [1.807, 2.05) is 24.4 Å². The summed E-state index contributed by atoms with van der Waals surface area (Å²) >= 11 is 6.09. The largest absolute Gasteiger partial charge is 0.397 e. The number of nitrogen functional groups attached to an aromatic ring is 1. The van der Waals surface area contributed by atoms with E-state index in [0.717, 1.165) is 35.6 Å². The van der Waals surface area contributed by atoms with Crippen LogP contribution in [0.15, 0.2) is 24.4 Å². The quantitative estimate of drug-likeness (QED) is 0.807. The molecule has 1 aliphatic rings. The zero-order valence-electron chi connectivity index (χ0n) is 11.1. The zero-order valence-corrected chi connectivity index (χ0v) is 11.8. The van der Waals surface area contributed by atoms with Gasteiger partial charge in [0.25, 0.3) is 0 Å².